The molecular formula is C11H13ClN2O2. The van der Waals surface area contributed by atoms with Crippen LogP contribution in [0.1, 0.15) is 23.2 Å². The molecule has 2 amide bonds. The van der Waals surface area contributed by atoms with Crippen molar-refractivity contribution >= 4 is 29.9 Å². The molecule has 86 valence electrons. The summed E-state index contributed by atoms with van der Waals surface area (Å²) in [5.41, 5.74) is 6.37. The van der Waals surface area contributed by atoms with Gasteiger partial charge in [0.15, 0.2) is 0 Å². The van der Waals surface area contributed by atoms with Crippen molar-refractivity contribution in [3.8, 4) is 0 Å². The SMILES string of the molecule is Cl.NC(=O)c1cccc(N2CCCC2=O)c1. The van der Waals surface area contributed by atoms with E-state index in [1.807, 2.05) is 6.07 Å². The number of halogens is 1. The van der Waals surface area contributed by atoms with Crippen LogP contribution in [0.15, 0.2) is 24.3 Å². The number of carbonyl (C=O) groups excluding carboxylic acids is 2. The first-order valence-electron chi connectivity index (χ1n) is 4.89. The van der Waals surface area contributed by atoms with Crippen molar-refractivity contribution in [2.75, 3.05) is 11.4 Å². The van der Waals surface area contributed by atoms with Gasteiger partial charge in [-0.2, -0.15) is 0 Å². The quantitative estimate of drug-likeness (QED) is 0.848. The molecule has 2 N–H and O–H groups in total. The number of primary amides is 1. The first-order valence-corrected chi connectivity index (χ1v) is 4.89. The number of nitrogens with zero attached hydrogens (tertiary/aromatic N) is 1. The number of nitrogens with two attached hydrogens (primary N) is 1. The van der Waals surface area contributed by atoms with E-state index in [-0.39, 0.29) is 18.3 Å². The summed E-state index contributed by atoms with van der Waals surface area (Å²) in [6, 6.07) is 6.86. The van der Waals surface area contributed by atoms with Crippen LogP contribution in [0.3, 0.4) is 0 Å². The molecule has 0 radical (unpaired) electrons. The molecule has 0 aromatic heterocycles. The molecular weight excluding hydrogens is 228 g/mol. The van der Waals surface area contributed by atoms with Gasteiger partial charge < -0.3 is 10.6 Å². The van der Waals surface area contributed by atoms with Crippen LogP contribution in [0, 0.1) is 0 Å². The van der Waals surface area contributed by atoms with E-state index in [4.69, 9.17) is 5.73 Å². The summed E-state index contributed by atoms with van der Waals surface area (Å²) in [4.78, 5) is 24.1. The Kier molecular flexibility index (Phi) is 3.90. The van der Waals surface area contributed by atoms with E-state index in [0.29, 0.717) is 12.0 Å². The highest BCUT2D eigenvalue weighted by Gasteiger charge is 2.21. The van der Waals surface area contributed by atoms with Gasteiger partial charge in [0, 0.05) is 24.2 Å². The van der Waals surface area contributed by atoms with E-state index in [1.54, 1.807) is 23.1 Å². The average molecular weight is 241 g/mol. The van der Waals surface area contributed by atoms with E-state index < -0.39 is 5.91 Å². The first-order chi connectivity index (χ1) is 7.18. The van der Waals surface area contributed by atoms with Crippen molar-refractivity contribution in [1.82, 2.24) is 0 Å². The van der Waals surface area contributed by atoms with Crippen molar-refractivity contribution in [3.63, 3.8) is 0 Å². The summed E-state index contributed by atoms with van der Waals surface area (Å²) < 4.78 is 0. The monoisotopic (exact) mass is 240 g/mol. The summed E-state index contributed by atoms with van der Waals surface area (Å²) in [6.07, 6.45) is 1.46. The van der Waals surface area contributed by atoms with Gasteiger partial charge in [0.25, 0.3) is 0 Å². The van der Waals surface area contributed by atoms with E-state index in [2.05, 4.69) is 0 Å². The van der Waals surface area contributed by atoms with Crippen LogP contribution < -0.4 is 10.6 Å². The normalized spacial score (nSPS) is 14.8. The third-order valence-corrected chi connectivity index (χ3v) is 2.52. The Bertz CT molecular complexity index is 420. The molecule has 0 aliphatic carbocycles. The van der Waals surface area contributed by atoms with E-state index >= 15 is 0 Å². The molecule has 1 heterocycles. The number of carbonyl (C=O) groups is 2. The summed E-state index contributed by atoms with van der Waals surface area (Å²) in [5, 5.41) is 0. The summed E-state index contributed by atoms with van der Waals surface area (Å²) in [7, 11) is 0. The van der Waals surface area contributed by atoms with Gasteiger partial charge in [-0.25, -0.2) is 0 Å². The molecule has 1 aromatic rings. The highest BCUT2D eigenvalue weighted by atomic mass is 35.5. The topological polar surface area (TPSA) is 63.4 Å². The van der Waals surface area contributed by atoms with Gasteiger partial charge in [0.05, 0.1) is 0 Å². The van der Waals surface area contributed by atoms with Gasteiger partial charge in [-0.15, -0.1) is 12.4 Å². The van der Waals surface area contributed by atoms with Crippen LogP contribution in [0.5, 0.6) is 0 Å². The van der Waals surface area contributed by atoms with E-state index in [9.17, 15) is 9.59 Å². The molecule has 16 heavy (non-hydrogen) atoms. The molecule has 1 saturated heterocycles. The number of rotatable bonds is 2. The Labute approximate surface area is 99.8 Å². The molecule has 1 aliphatic heterocycles. The summed E-state index contributed by atoms with van der Waals surface area (Å²) >= 11 is 0. The Morgan fingerprint density at radius 2 is 2.12 bits per heavy atom. The minimum Gasteiger partial charge on any atom is -0.366 e. The predicted octanol–water partition coefficient (Wildman–Crippen LogP) is 1.33. The highest BCUT2D eigenvalue weighted by Crippen LogP contribution is 2.21. The summed E-state index contributed by atoms with van der Waals surface area (Å²) in [5.74, 6) is -0.361. The number of benzene rings is 1. The van der Waals surface area contributed by atoms with Crippen molar-refractivity contribution in [1.29, 1.82) is 0 Å². The van der Waals surface area contributed by atoms with E-state index in [1.165, 1.54) is 0 Å². The second-order valence-corrected chi connectivity index (χ2v) is 3.56. The minimum absolute atomic E-state index is 0. The lowest BCUT2D eigenvalue weighted by atomic mass is 10.2. The third-order valence-electron chi connectivity index (χ3n) is 2.52. The molecule has 0 bridgehead atoms. The maximum atomic E-state index is 11.5. The first kappa shape index (κ1) is 12.5. The Balaban J connectivity index is 0.00000128. The van der Waals surface area contributed by atoms with Crippen molar-refractivity contribution in [3.05, 3.63) is 29.8 Å². The second kappa shape index (κ2) is 4.99. The molecule has 1 fully saturated rings. The van der Waals surface area contributed by atoms with Crippen LogP contribution >= 0.6 is 12.4 Å². The van der Waals surface area contributed by atoms with Gasteiger partial charge >= 0.3 is 0 Å². The number of amides is 2. The second-order valence-electron chi connectivity index (χ2n) is 3.56. The fraction of sp³-hybridized carbons (Fsp3) is 0.273. The molecule has 4 nitrogen and oxygen atoms in total. The van der Waals surface area contributed by atoms with Crippen LogP contribution in [0.25, 0.3) is 0 Å². The molecule has 0 atom stereocenters. The van der Waals surface area contributed by atoms with E-state index in [0.717, 1.165) is 18.7 Å². The third kappa shape index (κ3) is 2.33. The smallest absolute Gasteiger partial charge is 0.248 e. The zero-order chi connectivity index (χ0) is 10.8. The van der Waals surface area contributed by atoms with Crippen LogP contribution in [0.4, 0.5) is 5.69 Å². The maximum absolute atomic E-state index is 11.5. The van der Waals surface area contributed by atoms with Gasteiger partial charge in [0.1, 0.15) is 0 Å². The Hall–Kier alpha value is -1.55. The lowest BCUT2D eigenvalue weighted by molar-refractivity contribution is -0.117. The van der Waals surface area contributed by atoms with Crippen molar-refractivity contribution in [2.24, 2.45) is 5.73 Å². The van der Waals surface area contributed by atoms with Crippen LogP contribution in [-0.4, -0.2) is 18.4 Å². The number of anilines is 1. The molecule has 0 unspecified atom stereocenters. The largest absolute Gasteiger partial charge is 0.366 e. The number of hydrogen-bond acceptors (Lipinski definition) is 2. The van der Waals surface area contributed by atoms with Crippen molar-refractivity contribution < 1.29 is 9.59 Å². The Morgan fingerprint density at radius 3 is 2.69 bits per heavy atom. The highest BCUT2D eigenvalue weighted by molar-refractivity contribution is 5.98. The van der Waals surface area contributed by atoms with Crippen LogP contribution in [0.2, 0.25) is 0 Å². The maximum Gasteiger partial charge on any atom is 0.248 e. The fourth-order valence-corrected chi connectivity index (χ4v) is 1.75. The molecule has 5 heteroatoms. The predicted molar refractivity (Wildman–Crippen MR) is 63.8 cm³/mol. The lowest BCUT2D eigenvalue weighted by Crippen LogP contribution is -2.24. The van der Waals surface area contributed by atoms with Gasteiger partial charge in [-0.05, 0) is 24.6 Å². The fourth-order valence-electron chi connectivity index (χ4n) is 1.75. The standard InChI is InChI=1S/C11H12N2O2.ClH/c12-11(15)8-3-1-4-9(7-8)13-6-2-5-10(13)14;/h1,3-4,7H,2,5-6H2,(H2,12,15);1H. The lowest BCUT2D eigenvalue weighted by Gasteiger charge is -2.15. The zero-order valence-corrected chi connectivity index (χ0v) is 9.50. The number of hydrogen-bond donors (Lipinski definition) is 1. The van der Waals surface area contributed by atoms with Crippen LogP contribution in [-0.2, 0) is 4.79 Å². The average Bonchev–Trinajstić information content (AvgIpc) is 2.64. The molecule has 1 aliphatic rings. The van der Waals surface area contributed by atoms with Gasteiger partial charge in [-0.1, -0.05) is 6.07 Å². The molecule has 1 aromatic carbocycles. The van der Waals surface area contributed by atoms with Gasteiger partial charge in [-0.3, -0.25) is 9.59 Å². The summed E-state index contributed by atoms with van der Waals surface area (Å²) in [6.45, 7) is 0.723. The Morgan fingerprint density at radius 1 is 1.38 bits per heavy atom. The van der Waals surface area contributed by atoms with Gasteiger partial charge in [0.2, 0.25) is 11.8 Å². The molecule has 2 rings (SSSR count). The van der Waals surface area contributed by atoms with Crippen molar-refractivity contribution in [2.45, 2.75) is 12.8 Å². The molecule has 0 spiro atoms. The molecule has 0 saturated carbocycles. The minimum atomic E-state index is -0.469. The zero-order valence-electron chi connectivity index (χ0n) is 8.68.